The molecule has 33 heavy (non-hydrogen) atoms. The number of hydrogen-bond donors (Lipinski definition) is 1. The van der Waals surface area contributed by atoms with Crippen molar-refractivity contribution in [3.63, 3.8) is 0 Å². The van der Waals surface area contributed by atoms with Gasteiger partial charge < -0.3 is 9.73 Å². The number of nitrogens with zero attached hydrogens (tertiary/aromatic N) is 3. The Labute approximate surface area is 195 Å². The first-order chi connectivity index (χ1) is 16.1. The second-order valence-electron chi connectivity index (χ2n) is 7.97. The zero-order valence-electron chi connectivity index (χ0n) is 18.1. The number of ketones is 1. The summed E-state index contributed by atoms with van der Waals surface area (Å²) >= 11 is 1.36. The van der Waals surface area contributed by atoms with Crippen LogP contribution in [0, 0.1) is 6.92 Å². The Kier molecular flexibility index (Phi) is 5.83. The van der Waals surface area contributed by atoms with Gasteiger partial charge in [0, 0.05) is 23.2 Å². The van der Waals surface area contributed by atoms with Gasteiger partial charge in [-0.2, -0.15) is 0 Å². The lowest BCUT2D eigenvalue weighted by Crippen LogP contribution is -2.19. The van der Waals surface area contributed by atoms with Crippen LogP contribution in [0.5, 0.6) is 0 Å². The molecule has 2 aromatic heterocycles. The first-order valence-electron chi connectivity index (χ1n) is 10.7. The van der Waals surface area contributed by atoms with Gasteiger partial charge in [-0.25, -0.2) is 0 Å². The van der Waals surface area contributed by atoms with Gasteiger partial charge in [-0.3, -0.25) is 14.2 Å². The van der Waals surface area contributed by atoms with Crippen LogP contribution in [0.2, 0.25) is 0 Å². The number of nitrogens with one attached hydrogen (secondary N) is 1. The zero-order valence-corrected chi connectivity index (χ0v) is 18.9. The molecule has 0 unspecified atom stereocenters. The molecule has 1 aliphatic heterocycles. The summed E-state index contributed by atoms with van der Waals surface area (Å²) in [6.45, 7) is 2.51. The maximum absolute atomic E-state index is 12.9. The van der Waals surface area contributed by atoms with E-state index in [2.05, 4.69) is 21.6 Å². The van der Waals surface area contributed by atoms with Crippen LogP contribution in [0.1, 0.15) is 33.7 Å². The molecule has 0 atom stereocenters. The minimum Gasteiger partial charge on any atom is -0.467 e. The van der Waals surface area contributed by atoms with Crippen LogP contribution in [-0.2, 0) is 17.8 Å². The maximum atomic E-state index is 12.9. The molecular formula is C25H22N4O3S. The van der Waals surface area contributed by atoms with E-state index in [0.717, 1.165) is 34.0 Å². The smallest absolute Gasteiger partial charge is 0.224 e. The summed E-state index contributed by atoms with van der Waals surface area (Å²) in [6, 6.07) is 17.3. The van der Waals surface area contributed by atoms with E-state index in [4.69, 9.17) is 4.42 Å². The van der Waals surface area contributed by atoms with Crippen LogP contribution in [0.15, 0.2) is 70.4 Å². The lowest BCUT2D eigenvalue weighted by Gasteiger charge is -2.17. The Morgan fingerprint density at radius 1 is 1.12 bits per heavy atom. The molecule has 1 aliphatic rings. The molecule has 5 rings (SSSR count). The van der Waals surface area contributed by atoms with Gasteiger partial charge in [0.2, 0.25) is 5.91 Å². The van der Waals surface area contributed by atoms with Crippen LogP contribution in [0.4, 0.5) is 5.69 Å². The molecule has 7 nitrogen and oxygen atoms in total. The maximum Gasteiger partial charge on any atom is 0.224 e. The number of furan rings is 1. The molecule has 0 radical (unpaired) electrons. The SMILES string of the molecule is Cc1cccc(-c2nnc(SCC(=O)c3ccc4c(c3)CCC(=O)N4)n2Cc2ccco2)c1. The second-order valence-corrected chi connectivity index (χ2v) is 8.92. The topological polar surface area (TPSA) is 90.0 Å². The monoisotopic (exact) mass is 458 g/mol. The van der Waals surface area contributed by atoms with Crippen LogP contribution in [-0.4, -0.2) is 32.2 Å². The molecule has 0 saturated heterocycles. The summed E-state index contributed by atoms with van der Waals surface area (Å²) < 4.78 is 7.53. The summed E-state index contributed by atoms with van der Waals surface area (Å²) in [7, 11) is 0. The molecular weight excluding hydrogens is 436 g/mol. The zero-order chi connectivity index (χ0) is 22.8. The summed E-state index contributed by atoms with van der Waals surface area (Å²) in [5.74, 6) is 1.76. The van der Waals surface area contributed by atoms with Crippen molar-refractivity contribution >= 4 is 29.1 Å². The van der Waals surface area contributed by atoms with E-state index in [1.165, 1.54) is 11.8 Å². The fraction of sp³-hybridized carbons (Fsp3) is 0.200. The third kappa shape index (κ3) is 4.61. The van der Waals surface area contributed by atoms with Crippen molar-refractivity contribution in [3.05, 3.63) is 83.3 Å². The molecule has 0 saturated carbocycles. The number of fused-ring (bicyclic) bond motifs is 1. The summed E-state index contributed by atoms with van der Waals surface area (Å²) in [6.07, 6.45) is 2.73. The van der Waals surface area contributed by atoms with E-state index in [9.17, 15) is 9.59 Å². The van der Waals surface area contributed by atoms with E-state index in [1.54, 1.807) is 18.4 Å². The van der Waals surface area contributed by atoms with E-state index in [-0.39, 0.29) is 17.4 Å². The van der Waals surface area contributed by atoms with E-state index in [0.29, 0.717) is 30.1 Å². The third-order valence-electron chi connectivity index (χ3n) is 5.54. The van der Waals surface area contributed by atoms with E-state index in [1.807, 2.05) is 47.9 Å². The number of anilines is 1. The average molecular weight is 459 g/mol. The van der Waals surface area contributed by atoms with E-state index < -0.39 is 0 Å². The molecule has 1 N–H and O–H groups in total. The van der Waals surface area contributed by atoms with Crippen LogP contribution in [0.25, 0.3) is 11.4 Å². The lowest BCUT2D eigenvalue weighted by molar-refractivity contribution is -0.116. The van der Waals surface area contributed by atoms with Gasteiger partial charge in [0.15, 0.2) is 16.8 Å². The van der Waals surface area contributed by atoms with Gasteiger partial charge in [0.25, 0.3) is 0 Å². The van der Waals surface area contributed by atoms with Crippen molar-refractivity contribution in [1.29, 1.82) is 0 Å². The molecule has 2 aromatic carbocycles. The number of hydrogen-bond acceptors (Lipinski definition) is 6. The van der Waals surface area contributed by atoms with Crippen molar-refractivity contribution in [1.82, 2.24) is 14.8 Å². The molecule has 0 bridgehead atoms. The van der Waals surface area contributed by atoms with Crippen LogP contribution < -0.4 is 5.32 Å². The fourth-order valence-electron chi connectivity index (χ4n) is 3.86. The molecule has 166 valence electrons. The highest BCUT2D eigenvalue weighted by Crippen LogP contribution is 2.28. The summed E-state index contributed by atoms with van der Waals surface area (Å²) in [5, 5.41) is 12.3. The number of carbonyl (C=O) groups is 2. The first-order valence-corrected chi connectivity index (χ1v) is 11.7. The minimum atomic E-state index is 0.00403. The lowest BCUT2D eigenvalue weighted by atomic mass is 9.99. The molecule has 8 heteroatoms. The van der Waals surface area contributed by atoms with Crippen molar-refractivity contribution in [2.75, 3.05) is 11.1 Å². The largest absolute Gasteiger partial charge is 0.467 e. The predicted octanol–water partition coefficient (Wildman–Crippen LogP) is 4.75. The molecule has 4 aromatic rings. The van der Waals surface area contributed by atoms with Crippen LogP contribution >= 0.6 is 11.8 Å². The van der Waals surface area contributed by atoms with Crippen molar-refractivity contribution in [3.8, 4) is 11.4 Å². The van der Waals surface area contributed by atoms with Gasteiger partial charge >= 0.3 is 0 Å². The van der Waals surface area contributed by atoms with Gasteiger partial charge in [-0.15, -0.1) is 10.2 Å². The number of carbonyl (C=O) groups excluding carboxylic acids is 2. The standard InChI is InChI=1S/C25H22N4O3S/c1-16-4-2-5-19(12-16)24-27-28-25(29(24)14-20-6-3-11-32-20)33-15-22(30)18-7-9-21-17(13-18)8-10-23(31)26-21/h2-7,9,11-13H,8,10,14-15H2,1H3,(H,26,31). The molecule has 0 spiro atoms. The Balaban J connectivity index is 1.38. The quantitative estimate of drug-likeness (QED) is 0.317. The van der Waals surface area contributed by atoms with Gasteiger partial charge in [-0.05, 0) is 55.3 Å². The molecule has 1 amide bonds. The Hall–Kier alpha value is -3.65. The number of rotatable bonds is 7. The molecule has 0 aliphatic carbocycles. The van der Waals surface area contributed by atoms with Gasteiger partial charge in [-0.1, -0.05) is 35.5 Å². The Morgan fingerprint density at radius 3 is 2.85 bits per heavy atom. The minimum absolute atomic E-state index is 0.00403. The van der Waals surface area contributed by atoms with Crippen LogP contribution in [0.3, 0.4) is 0 Å². The number of thioether (sulfide) groups is 1. The van der Waals surface area contributed by atoms with E-state index >= 15 is 0 Å². The number of aryl methyl sites for hydroxylation is 2. The Morgan fingerprint density at radius 2 is 2.03 bits per heavy atom. The highest BCUT2D eigenvalue weighted by Gasteiger charge is 2.19. The highest BCUT2D eigenvalue weighted by atomic mass is 32.2. The molecule has 3 heterocycles. The average Bonchev–Trinajstić information content (AvgIpc) is 3.47. The van der Waals surface area contributed by atoms with Crippen molar-refractivity contribution in [2.45, 2.75) is 31.5 Å². The first kappa shape index (κ1) is 21.2. The summed E-state index contributed by atoms with van der Waals surface area (Å²) in [4.78, 5) is 24.5. The highest BCUT2D eigenvalue weighted by molar-refractivity contribution is 7.99. The number of benzene rings is 2. The van der Waals surface area contributed by atoms with Crippen molar-refractivity contribution < 1.29 is 14.0 Å². The van der Waals surface area contributed by atoms with Gasteiger partial charge in [0.05, 0.1) is 18.6 Å². The number of aromatic nitrogens is 3. The summed E-state index contributed by atoms with van der Waals surface area (Å²) in [5.41, 5.74) is 4.51. The third-order valence-corrected chi connectivity index (χ3v) is 6.51. The van der Waals surface area contributed by atoms with Crippen molar-refractivity contribution in [2.24, 2.45) is 0 Å². The Bertz CT molecular complexity index is 1330. The number of Topliss-reactive ketones (excluding diaryl/α,β-unsaturated/α-hetero) is 1. The second kappa shape index (κ2) is 9.07. The fourth-order valence-corrected chi connectivity index (χ4v) is 4.70. The van der Waals surface area contributed by atoms with Gasteiger partial charge in [0.1, 0.15) is 5.76 Å². The number of amides is 1. The predicted molar refractivity (Wildman–Crippen MR) is 126 cm³/mol. The normalized spacial score (nSPS) is 12.9. The molecule has 0 fully saturated rings.